The molecule has 88 valence electrons. The molecule has 4 nitrogen and oxygen atoms in total. The van der Waals surface area contributed by atoms with Gasteiger partial charge in [-0.05, 0) is 12.8 Å². The second-order valence-corrected chi connectivity index (χ2v) is 3.50. The highest BCUT2D eigenvalue weighted by atomic mass is 16.5. The van der Waals surface area contributed by atoms with E-state index in [4.69, 9.17) is 9.47 Å². The van der Waals surface area contributed by atoms with Crippen LogP contribution in [0.4, 0.5) is 0 Å². The van der Waals surface area contributed by atoms with E-state index in [2.05, 4.69) is 0 Å². The first kappa shape index (κ1) is 13.9. The van der Waals surface area contributed by atoms with Crippen LogP contribution in [0.15, 0.2) is 0 Å². The third-order valence-corrected chi connectivity index (χ3v) is 2.06. The molecule has 0 aliphatic rings. The molecule has 1 unspecified atom stereocenters. The van der Waals surface area contributed by atoms with Gasteiger partial charge < -0.3 is 9.47 Å². The van der Waals surface area contributed by atoms with Gasteiger partial charge in [-0.25, -0.2) is 0 Å². The fourth-order valence-corrected chi connectivity index (χ4v) is 0.863. The van der Waals surface area contributed by atoms with Gasteiger partial charge in [0, 0.05) is 0 Å². The number of ether oxygens (including phenoxy) is 2. The maximum atomic E-state index is 11.1. The Morgan fingerprint density at radius 1 is 1.07 bits per heavy atom. The molecule has 1 atom stereocenters. The van der Waals surface area contributed by atoms with Gasteiger partial charge in [0.25, 0.3) is 0 Å². The minimum Gasteiger partial charge on any atom is -0.466 e. The summed E-state index contributed by atoms with van der Waals surface area (Å²) in [5.41, 5.74) is 0. The molecule has 0 aromatic rings. The van der Waals surface area contributed by atoms with Gasteiger partial charge in [0.1, 0.15) is 0 Å². The number of hydrogen-bond acceptors (Lipinski definition) is 4. The van der Waals surface area contributed by atoms with Crippen molar-refractivity contribution in [1.82, 2.24) is 0 Å². The normalized spacial score (nSPS) is 11.9. The third-order valence-electron chi connectivity index (χ3n) is 2.06. The highest BCUT2D eigenvalue weighted by Crippen LogP contribution is 2.03. The Balaban J connectivity index is 3.53. The van der Waals surface area contributed by atoms with Crippen LogP contribution in [0.1, 0.15) is 40.0 Å². The van der Waals surface area contributed by atoms with Gasteiger partial charge in [0.05, 0.1) is 26.1 Å². The van der Waals surface area contributed by atoms with Gasteiger partial charge in [-0.15, -0.1) is 0 Å². The Hall–Kier alpha value is -1.06. The van der Waals surface area contributed by atoms with Crippen LogP contribution < -0.4 is 0 Å². The molecule has 0 aromatic heterocycles. The van der Waals surface area contributed by atoms with Gasteiger partial charge >= 0.3 is 11.9 Å². The van der Waals surface area contributed by atoms with Crippen LogP contribution in [-0.2, 0) is 19.1 Å². The van der Waals surface area contributed by atoms with E-state index in [1.165, 1.54) is 0 Å². The standard InChI is InChI=1S/C11H20O4/c1-4-9(3)8-15-11(13)7-6-10(12)14-5-2/h9H,4-8H2,1-3H3. The Morgan fingerprint density at radius 3 is 2.07 bits per heavy atom. The van der Waals surface area contributed by atoms with Crippen LogP contribution in [0.2, 0.25) is 0 Å². The lowest BCUT2D eigenvalue weighted by Crippen LogP contribution is -2.13. The van der Waals surface area contributed by atoms with E-state index in [1.54, 1.807) is 6.92 Å². The molecule has 0 aliphatic carbocycles. The number of carbonyl (C=O) groups excluding carboxylic acids is 2. The molecule has 0 amide bonds. The zero-order valence-corrected chi connectivity index (χ0v) is 9.75. The lowest BCUT2D eigenvalue weighted by atomic mass is 10.1. The van der Waals surface area contributed by atoms with Crippen LogP contribution >= 0.6 is 0 Å². The maximum Gasteiger partial charge on any atom is 0.306 e. The van der Waals surface area contributed by atoms with E-state index in [1.807, 2.05) is 13.8 Å². The van der Waals surface area contributed by atoms with Crippen LogP contribution in [0.25, 0.3) is 0 Å². The molecule has 0 N–H and O–H groups in total. The van der Waals surface area contributed by atoms with Crippen molar-refractivity contribution in [3.05, 3.63) is 0 Å². The van der Waals surface area contributed by atoms with Crippen molar-refractivity contribution in [2.45, 2.75) is 40.0 Å². The monoisotopic (exact) mass is 216 g/mol. The van der Waals surface area contributed by atoms with E-state index >= 15 is 0 Å². The number of rotatable bonds is 7. The van der Waals surface area contributed by atoms with Gasteiger partial charge in [-0.3, -0.25) is 9.59 Å². The van der Waals surface area contributed by atoms with Crippen LogP contribution in [-0.4, -0.2) is 25.2 Å². The first-order valence-electron chi connectivity index (χ1n) is 5.41. The lowest BCUT2D eigenvalue weighted by Gasteiger charge is -2.09. The average molecular weight is 216 g/mol. The minimum absolute atomic E-state index is 0.104. The zero-order chi connectivity index (χ0) is 11.7. The molecule has 0 radical (unpaired) electrons. The smallest absolute Gasteiger partial charge is 0.306 e. The van der Waals surface area contributed by atoms with E-state index in [0.717, 1.165) is 6.42 Å². The molecule has 0 fully saturated rings. The van der Waals surface area contributed by atoms with Gasteiger partial charge in [-0.1, -0.05) is 20.3 Å². The predicted octanol–water partition coefficient (Wildman–Crippen LogP) is 1.92. The molecule has 0 saturated heterocycles. The Morgan fingerprint density at radius 2 is 1.60 bits per heavy atom. The molecule has 0 rings (SSSR count). The molecule has 0 heterocycles. The number of esters is 2. The van der Waals surface area contributed by atoms with Crippen molar-refractivity contribution in [3.8, 4) is 0 Å². The van der Waals surface area contributed by atoms with Crippen LogP contribution in [0.5, 0.6) is 0 Å². The molecule has 0 aromatic carbocycles. The van der Waals surface area contributed by atoms with E-state index in [0.29, 0.717) is 19.1 Å². The summed E-state index contributed by atoms with van der Waals surface area (Å²) < 4.78 is 9.67. The van der Waals surface area contributed by atoms with Crippen molar-refractivity contribution in [1.29, 1.82) is 0 Å². The number of hydrogen-bond donors (Lipinski definition) is 0. The molecule has 0 bridgehead atoms. The van der Waals surface area contributed by atoms with Crippen molar-refractivity contribution in [2.24, 2.45) is 5.92 Å². The number of carbonyl (C=O) groups is 2. The van der Waals surface area contributed by atoms with Crippen molar-refractivity contribution >= 4 is 11.9 Å². The summed E-state index contributed by atoms with van der Waals surface area (Å²) in [6, 6.07) is 0. The van der Waals surface area contributed by atoms with Crippen LogP contribution in [0.3, 0.4) is 0 Å². The second kappa shape index (κ2) is 8.26. The summed E-state index contributed by atoms with van der Waals surface area (Å²) in [6.45, 7) is 6.56. The summed E-state index contributed by atoms with van der Waals surface area (Å²) in [4.78, 5) is 22.1. The molecular weight excluding hydrogens is 196 g/mol. The summed E-state index contributed by atoms with van der Waals surface area (Å²) in [5.74, 6) is -0.308. The first-order valence-corrected chi connectivity index (χ1v) is 5.41. The Kier molecular flexibility index (Phi) is 7.68. The largest absolute Gasteiger partial charge is 0.466 e. The SMILES string of the molecule is CCOC(=O)CCC(=O)OCC(C)CC. The Labute approximate surface area is 90.9 Å². The third kappa shape index (κ3) is 7.97. The van der Waals surface area contributed by atoms with E-state index < -0.39 is 0 Å². The van der Waals surface area contributed by atoms with Crippen LogP contribution in [0, 0.1) is 5.92 Å². The Bertz CT molecular complexity index is 201. The van der Waals surface area contributed by atoms with Gasteiger partial charge in [0.2, 0.25) is 0 Å². The summed E-state index contributed by atoms with van der Waals surface area (Å²) >= 11 is 0. The molecule has 15 heavy (non-hydrogen) atoms. The van der Waals surface area contributed by atoms with Crippen molar-refractivity contribution in [2.75, 3.05) is 13.2 Å². The molecule has 0 spiro atoms. The highest BCUT2D eigenvalue weighted by molar-refractivity contribution is 5.77. The molecule has 4 heteroatoms. The minimum atomic E-state index is -0.349. The molecule has 0 aliphatic heterocycles. The summed E-state index contributed by atoms with van der Waals surface area (Å²) in [6.07, 6.45) is 1.19. The fourth-order valence-electron chi connectivity index (χ4n) is 0.863. The average Bonchev–Trinajstić information content (AvgIpc) is 2.23. The predicted molar refractivity (Wildman–Crippen MR) is 56.3 cm³/mol. The molecular formula is C11H20O4. The summed E-state index contributed by atoms with van der Waals surface area (Å²) in [7, 11) is 0. The second-order valence-electron chi connectivity index (χ2n) is 3.50. The zero-order valence-electron chi connectivity index (χ0n) is 9.75. The molecule has 0 saturated carbocycles. The fraction of sp³-hybridized carbons (Fsp3) is 0.818. The lowest BCUT2D eigenvalue weighted by molar-refractivity contribution is -0.150. The van der Waals surface area contributed by atoms with Gasteiger partial charge in [0.15, 0.2) is 0 Å². The first-order chi connectivity index (χ1) is 7.10. The van der Waals surface area contributed by atoms with Crippen molar-refractivity contribution < 1.29 is 19.1 Å². The highest BCUT2D eigenvalue weighted by Gasteiger charge is 2.09. The quantitative estimate of drug-likeness (QED) is 0.610. The van der Waals surface area contributed by atoms with Gasteiger partial charge in [-0.2, -0.15) is 0 Å². The maximum absolute atomic E-state index is 11.1. The van der Waals surface area contributed by atoms with E-state index in [-0.39, 0.29) is 24.8 Å². The summed E-state index contributed by atoms with van der Waals surface area (Å²) in [5, 5.41) is 0. The van der Waals surface area contributed by atoms with E-state index in [9.17, 15) is 9.59 Å². The topological polar surface area (TPSA) is 52.6 Å². The van der Waals surface area contributed by atoms with Crippen molar-refractivity contribution in [3.63, 3.8) is 0 Å².